The van der Waals surface area contributed by atoms with Crippen LogP contribution in [0.5, 0.6) is 5.75 Å². The van der Waals surface area contributed by atoms with Gasteiger partial charge < -0.3 is 10.5 Å². The van der Waals surface area contributed by atoms with Gasteiger partial charge in [0.05, 0.1) is 11.5 Å². The van der Waals surface area contributed by atoms with Crippen molar-refractivity contribution in [2.45, 2.75) is 6.42 Å². The van der Waals surface area contributed by atoms with E-state index in [2.05, 4.69) is 5.92 Å². The minimum Gasteiger partial charge on any atom is -0.486 e. The fourth-order valence-corrected chi connectivity index (χ4v) is 1.07. The van der Waals surface area contributed by atoms with Crippen LogP contribution in [0, 0.1) is 22.5 Å². The number of nitrogen functional groups attached to an aromatic ring is 1. The average Bonchev–Trinajstić information content (AvgIpc) is 2.17. The van der Waals surface area contributed by atoms with Gasteiger partial charge in [-0.2, -0.15) is 0 Å². The first kappa shape index (κ1) is 10.9. The highest BCUT2D eigenvalue weighted by molar-refractivity contribution is 5.65. The molecule has 0 fully saturated rings. The van der Waals surface area contributed by atoms with Gasteiger partial charge in [-0.05, 0) is 12.1 Å². The zero-order valence-electron chi connectivity index (χ0n) is 7.97. The number of nitrogens with two attached hydrogens (primary N) is 1. The zero-order chi connectivity index (χ0) is 11.3. The molecular formula is C10H10N2O3. The first-order chi connectivity index (χ1) is 7.16. The van der Waals surface area contributed by atoms with Crippen LogP contribution in [0.25, 0.3) is 0 Å². The van der Waals surface area contributed by atoms with Crippen molar-refractivity contribution in [2.75, 3.05) is 12.3 Å². The minimum atomic E-state index is -0.569. The Morgan fingerprint density at radius 2 is 2.33 bits per heavy atom. The highest BCUT2D eigenvalue weighted by Gasteiger charge is 2.18. The lowest BCUT2D eigenvalue weighted by Gasteiger charge is -2.05. The Bertz CT molecular complexity index is 410. The topological polar surface area (TPSA) is 78.4 Å². The van der Waals surface area contributed by atoms with Gasteiger partial charge in [0, 0.05) is 6.42 Å². The number of para-hydroxylation sites is 1. The van der Waals surface area contributed by atoms with Gasteiger partial charge in [-0.25, -0.2) is 0 Å². The molecule has 5 nitrogen and oxygen atoms in total. The van der Waals surface area contributed by atoms with Crippen molar-refractivity contribution in [3.05, 3.63) is 28.3 Å². The number of hydrogen-bond acceptors (Lipinski definition) is 4. The number of nitrogens with zero attached hydrogens (tertiary/aromatic N) is 1. The van der Waals surface area contributed by atoms with Crippen LogP contribution in [0.1, 0.15) is 6.42 Å². The third-order valence-electron chi connectivity index (χ3n) is 1.72. The number of anilines is 1. The number of benzene rings is 1. The standard InChI is InChI=1S/C10H10N2O3/c1-2-3-7-15-9-6-4-5-8(11)10(9)12(13)14/h1,4-6H,3,7,11H2. The summed E-state index contributed by atoms with van der Waals surface area (Å²) in [6, 6.07) is 4.53. The van der Waals surface area contributed by atoms with Crippen molar-refractivity contribution in [3.8, 4) is 18.1 Å². The van der Waals surface area contributed by atoms with Gasteiger partial charge in [0.1, 0.15) is 5.69 Å². The maximum absolute atomic E-state index is 10.7. The number of rotatable bonds is 4. The smallest absolute Gasteiger partial charge is 0.333 e. The Morgan fingerprint density at radius 3 is 2.93 bits per heavy atom. The third kappa shape index (κ3) is 2.61. The van der Waals surface area contributed by atoms with Crippen molar-refractivity contribution in [3.63, 3.8) is 0 Å². The quantitative estimate of drug-likeness (QED) is 0.267. The molecule has 0 saturated carbocycles. The van der Waals surface area contributed by atoms with E-state index in [1.165, 1.54) is 12.1 Å². The molecule has 0 heterocycles. The van der Waals surface area contributed by atoms with E-state index in [0.717, 1.165) is 0 Å². The van der Waals surface area contributed by atoms with Crippen LogP contribution in [-0.4, -0.2) is 11.5 Å². The van der Waals surface area contributed by atoms with Gasteiger partial charge in [0.15, 0.2) is 5.75 Å². The van der Waals surface area contributed by atoms with Crippen LogP contribution < -0.4 is 10.5 Å². The molecule has 0 atom stereocenters. The molecular weight excluding hydrogens is 196 g/mol. The highest BCUT2D eigenvalue weighted by atomic mass is 16.6. The second-order valence-electron chi connectivity index (χ2n) is 2.75. The Kier molecular flexibility index (Phi) is 3.52. The van der Waals surface area contributed by atoms with Gasteiger partial charge in [0.2, 0.25) is 0 Å². The van der Waals surface area contributed by atoms with Crippen LogP contribution >= 0.6 is 0 Å². The maximum Gasteiger partial charge on any atom is 0.333 e. The molecule has 0 unspecified atom stereocenters. The number of nitro benzene ring substituents is 1. The first-order valence-electron chi connectivity index (χ1n) is 4.26. The molecule has 0 spiro atoms. The molecule has 0 bridgehead atoms. The molecule has 0 aliphatic rings. The van der Waals surface area contributed by atoms with Crippen molar-refractivity contribution in [2.24, 2.45) is 0 Å². The van der Waals surface area contributed by atoms with E-state index in [1.807, 2.05) is 0 Å². The number of hydrogen-bond donors (Lipinski definition) is 1. The summed E-state index contributed by atoms with van der Waals surface area (Å²) in [6.07, 6.45) is 5.43. The molecule has 5 heteroatoms. The van der Waals surface area contributed by atoms with E-state index in [1.54, 1.807) is 6.07 Å². The van der Waals surface area contributed by atoms with E-state index in [4.69, 9.17) is 16.9 Å². The lowest BCUT2D eigenvalue weighted by molar-refractivity contribution is -0.384. The first-order valence-corrected chi connectivity index (χ1v) is 4.26. The summed E-state index contributed by atoms with van der Waals surface area (Å²) in [6.45, 7) is 0.237. The van der Waals surface area contributed by atoms with Crippen LogP contribution in [-0.2, 0) is 0 Å². The summed E-state index contributed by atoms with van der Waals surface area (Å²) in [7, 11) is 0. The minimum absolute atomic E-state index is 0.0817. The van der Waals surface area contributed by atoms with Gasteiger partial charge in [0.25, 0.3) is 0 Å². The summed E-state index contributed by atoms with van der Waals surface area (Å²) in [5.74, 6) is 2.52. The van der Waals surface area contributed by atoms with E-state index in [0.29, 0.717) is 6.42 Å². The monoisotopic (exact) mass is 206 g/mol. The van der Waals surface area contributed by atoms with Crippen LogP contribution in [0.15, 0.2) is 18.2 Å². The molecule has 0 aromatic heterocycles. The van der Waals surface area contributed by atoms with Crippen molar-refractivity contribution in [1.82, 2.24) is 0 Å². The lowest BCUT2D eigenvalue weighted by atomic mass is 10.2. The molecule has 0 radical (unpaired) electrons. The Hall–Kier alpha value is -2.22. The van der Waals surface area contributed by atoms with Crippen molar-refractivity contribution >= 4 is 11.4 Å². The van der Waals surface area contributed by atoms with Crippen LogP contribution in [0.4, 0.5) is 11.4 Å². The molecule has 1 aromatic carbocycles. The molecule has 0 saturated heterocycles. The van der Waals surface area contributed by atoms with Crippen molar-refractivity contribution in [1.29, 1.82) is 0 Å². The zero-order valence-corrected chi connectivity index (χ0v) is 7.97. The SMILES string of the molecule is C#CCCOc1cccc(N)c1[N+](=O)[O-]. The van der Waals surface area contributed by atoms with Gasteiger partial charge in [-0.3, -0.25) is 10.1 Å². The molecule has 78 valence electrons. The molecule has 0 amide bonds. The van der Waals surface area contributed by atoms with Gasteiger partial charge in [-0.15, -0.1) is 12.3 Å². The summed E-state index contributed by atoms with van der Waals surface area (Å²) in [5.41, 5.74) is 5.33. The largest absolute Gasteiger partial charge is 0.486 e. The van der Waals surface area contributed by atoms with Gasteiger partial charge >= 0.3 is 5.69 Å². The molecule has 1 rings (SSSR count). The molecule has 1 aromatic rings. The molecule has 2 N–H and O–H groups in total. The molecule has 15 heavy (non-hydrogen) atoms. The van der Waals surface area contributed by atoms with E-state index in [9.17, 15) is 10.1 Å². The Balaban J connectivity index is 2.92. The van der Waals surface area contributed by atoms with Crippen molar-refractivity contribution < 1.29 is 9.66 Å². The predicted molar refractivity (Wildman–Crippen MR) is 56.5 cm³/mol. The molecule has 0 aliphatic carbocycles. The second-order valence-corrected chi connectivity index (χ2v) is 2.75. The fourth-order valence-electron chi connectivity index (χ4n) is 1.07. The number of ether oxygens (including phenoxy) is 1. The maximum atomic E-state index is 10.7. The fraction of sp³-hybridized carbons (Fsp3) is 0.200. The summed E-state index contributed by atoms with van der Waals surface area (Å²) in [4.78, 5) is 10.1. The average molecular weight is 206 g/mol. The third-order valence-corrected chi connectivity index (χ3v) is 1.72. The summed E-state index contributed by atoms with van der Waals surface area (Å²) < 4.78 is 5.16. The Labute approximate surface area is 87.0 Å². The normalized spacial score (nSPS) is 9.27. The Morgan fingerprint density at radius 1 is 1.60 bits per heavy atom. The van der Waals surface area contributed by atoms with Crippen LogP contribution in [0.2, 0.25) is 0 Å². The summed E-state index contributed by atoms with van der Waals surface area (Å²) in [5, 5.41) is 10.7. The van der Waals surface area contributed by atoms with E-state index >= 15 is 0 Å². The van der Waals surface area contributed by atoms with E-state index in [-0.39, 0.29) is 23.7 Å². The summed E-state index contributed by atoms with van der Waals surface area (Å²) >= 11 is 0. The van der Waals surface area contributed by atoms with Crippen LogP contribution in [0.3, 0.4) is 0 Å². The number of terminal acetylenes is 1. The lowest BCUT2D eigenvalue weighted by Crippen LogP contribution is -2.02. The van der Waals surface area contributed by atoms with E-state index < -0.39 is 4.92 Å². The highest BCUT2D eigenvalue weighted by Crippen LogP contribution is 2.32. The predicted octanol–water partition coefficient (Wildman–Crippen LogP) is 1.58. The van der Waals surface area contributed by atoms with Gasteiger partial charge in [-0.1, -0.05) is 6.07 Å². The number of nitro groups is 1. The second kappa shape index (κ2) is 4.86. The molecule has 0 aliphatic heterocycles.